The van der Waals surface area contributed by atoms with Crippen molar-refractivity contribution in [1.82, 2.24) is 4.90 Å². The number of ether oxygens (including phenoxy) is 1. The Kier molecular flexibility index (Phi) is 3.46. The van der Waals surface area contributed by atoms with Crippen molar-refractivity contribution in [2.75, 3.05) is 33.4 Å². The molecule has 2 heterocycles. The SMILES string of the molecule is CN1CCC(C2(C3CCC(=O)CC3)COC2)CC1. The minimum Gasteiger partial charge on any atom is -0.380 e. The van der Waals surface area contributed by atoms with Crippen LogP contribution < -0.4 is 0 Å². The molecule has 0 aromatic carbocycles. The van der Waals surface area contributed by atoms with Gasteiger partial charge in [0.05, 0.1) is 13.2 Å². The maximum absolute atomic E-state index is 11.4. The molecule has 2 saturated heterocycles. The third-order valence-corrected chi connectivity index (χ3v) is 5.63. The van der Waals surface area contributed by atoms with Crippen molar-refractivity contribution in [2.45, 2.75) is 38.5 Å². The molecular weight excluding hydrogens is 226 g/mol. The standard InChI is InChI=1S/C15H25NO2/c1-16-8-6-13(7-9-16)15(10-18-11-15)12-2-4-14(17)5-3-12/h12-13H,2-11H2,1H3. The molecule has 3 rings (SSSR count). The third-order valence-electron chi connectivity index (χ3n) is 5.63. The van der Waals surface area contributed by atoms with Gasteiger partial charge in [-0.3, -0.25) is 4.79 Å². The summed E-state index contributed by atoms with van der Waals surface area (Å²) in [6.45, 7) is 4.39. The second-order valence-electron chi connectivity index (χ2n) is 6.62. The molecule has 18 heavy (non-hydrogen) atoms. The Balaban J connectivity index is 1.68. The first-order valence-corrected chi connectivity index (χ1v) is 7.49. The molecule has 0 radical (unpaired) electrons. The Morgan fingerprint density at radius 3 is 2.11 bits per heavy atom. The quantitative estimate of drug-likeness (QED) is 0.753. The number of hydrogen-bond acceptors (Lipinski definition) is 3. The van der Waals surface area contributed by atoms with Gasteiger partial charge in [-0.15, -0.1) is 0 Å². The average molecular weight is 251 g/mol. The van der Waals surface area contributed by atoms with Gasteiger partial charge in [-0.25, -0.2) is 0 Å². The minimum atomic E-state index is 0.432. The predicted molar refractivity (Wildman–Crippen MR) is 70.4 cm³/mol. The fourth-order valence-corrected chi connectivity index (χ4v) is 4.24. The van der Waals surface area contributed by atoms with Gasteiger partial charge >= 0.3 is 0 Å². The van der Waals surface area contributed by atoms with Crippen molar-refractivity contribution in [2.24, 2.45) is 17.3 Å². The van der Waals surface area contributed by atoms with Gasteiger partial charge in [-0.05, 0) is 57.7 Å². The summed E-state index contributed by atoms with van der Waals surface area (Å²) in [5, 5.41) is 0. The molecule has 0 N–H and O–H groups in total. The second-order valence-corrected chi connectivity index (χ2v) is 6.62. The summed E-state index contributed by atoms with van der Waals surface area (Å²) in [5.41, 5.74) is 0.432. The highest BCUT2D eigenvalue weighted by Crippen LogP contribution is 2.51. The molecule has 1 saturated carbocycles. The summed E-state index contributed by atoms with van der Waals surface area (Å²) < 4.78 is 5.60. The van der Waals surface area contributed by atoms with Gasteiger partial charge in [-0.2, -0.15) is 0 Å². The first-order chi connectivity index (χ1) is 8.71. The van der Waals surface area contributed by atoms with E-state index in [4.69, 9.17) is 4.74 Å². The molecule has 3 heteroatoms. The number of ketones is 1. The van der Waals surface area contributed by atoms with Crippen LogP contribution in [0.15, 0.2) is 0 Å². The largest absolute Gasteiger partial charge is 0.380 e. The van der Waals surface area contributed by atoms with Crippen LogP contribution in [0.5, 0.6) is 0 Å². The molecule has 0 aromatic rings. The van der Waals surface area contributed by atoms with E-state index >= 15 is 0 Å². The number of likely N-dealkylation sites (tertiary alicyclic amines) is 1. The molecule has 0 atom stereocenters. The van der Waals surface area contributed by atoms with E-state index in [1.54, 1.807) is 0 Å². The second kappa shape index (κ2) is 4.93. The lowest BCUT2D eigenvalue weighted by Gasteiger charge is -2.55. The number of carbonyl (C=O) groups excluding carboxylic acids is 1. The summed E-state index contributed by atoms with van der Waals surface area (Å²) in [5.74, 6) is 2.06. The summed E-state index contributed by atoms with van der Waals surface area (Å²) in [6.07, 6.45) is 6.52. The van der Waals surface area contributed by atoms with Crippen LogP contribution >= 0.6 is 0 Å². The van der Waals surface area contributed by atoms with Gasteiger partial charge in [0.15, 0.2) is 0 Å². The Labute approximate surface area is 110 Å². The highest BCUT2D eigenvalue weighted by Gasteiger charge is 2.51. The van der Waals surface area contributed by atoms with E-state index < -0.39 is 0 Å². The molecule has 0 aromatic heterocycles. The van der Waals surface area contributed by atoms with Crippen molar-refractivity contribution < 1.29 is 9.53 Å². The fourth-order valence-electron chi connectivity index (χ4n) is 4.24. The van der Waals surface area contributed by atoms with E-state index in [-0.39, 0.29) is 0 Å². The highest BCUT2D eigenvalue weighted by atomic mass is 16.5. The summed E-state index contributed by atoms with van der Waals surface area (Å²) in [7, 11) is 2.22. The Morgan fingerprint density at radius 2 is 1.61 bits per heavy atom. The molecule has 0 unspecified atom stereocenters. The summed E-state index contributed by atoms with van der Waals surface area (Å²) in [6, 6.07) is 0. The van der Waals surface area contributed by atoms with E-state index in [1.165, 1.54) is 25.9 Å². The molecule has 3 aliphatic rings. The number of Topliss-reactive ketones (excluding diaryl/α,β-unsaturated/α-hetero) is 1. The van der Waals surface area contributed by atoms with Crippen LogP contribution in [0.3, 0.4) is 0 Å². The average Bonchev–Trinajstić information content (AvgIpc) is 2.32. The summed E-state index contributed by atoms with van der Waals surface area (Å²) in [4.78, 5) is 13.9. The molecule has 3 nitrogen and oxygen atoms in total. The molecule has 1 aliphatic carbocycles. The number of piperidine rings is 1. The number of hydrogen-bond donors (Lipinski definition) is 0. The molecule has 0 bridgehead atoms. The topological polar surface area (TPSA) is 29.5 Å². The van der Waals surface area contributed by atoms with E-state index in [0.29, 0.717) is 11.2 Å². The minimum absolute atomic E-state index is 0.432. The maximum Gasteiger partial charge on any atom is 0.132 e. The van der Waals surface area contributed by atoms with Gasteiger partial charge in [0.2, 0.25) is 0 Å². The Bertz CT molecular complexity index is 306. The first kappa shape index (κ1) is 12.6. The zero-order valence-electron chi connectivity index (χ0n) is 11.5. The normalized spacial score (nSPS) is 31.3. The van der Waals surface area contributed by atoms with Gasteiger partial charge < -0.3 is 9.64 Å². The van der Waals surface area contributed by atoms with Gasteiger partial charge in [0.1, 0.15) is 5.78 Å². The van der Waals surface area contributed by atoms with Crippen molar-refractivity contribution in [3.63, 3.8) is 0 Å². The smallest absolute Gasteiger partial charge is 0.132 e. The van der Waals surface area contributed by atoms with Gasteiger partial charge in [0, 0.05) is 18.3 Å². The molecule has 3 fully saturated rings. The maximum atomic E-state index is 11.4. The lowest BCUT2D eigenvalue weighted by molar-refractivity contribution is -0.192. The number of rotatable bonds is 2. The van der Waals surface area contributed by atoms with Gasteiger partial charge in [0.25, 0.3) is 0 Å². The molecule has 102 valence electrons. The van der Waals surface area contributed by atoms with Crippen LogP contribution in [-0.2, 0) is 9.53 Å². The van der Waals surface area contributed by atoms with Crippen LogP contribution in [0.1, 0.15) is 38.5 Å². The van der Waals surface area contributed by atoms with Crippen LogP contribution in [-0.4, -0.2) is 44.0 Å². The summed E-state index contributed by atoms with van der Waals surface area (Å²) >= 11 is 0. The van der Waals surface area contributed by atoms with E-state index in [2.05, 4.69) is 11.9 Å². The van der Waals surface area contributed by atoms with Crippen LogP contribution in [0.25, 0.3) is 0 Å². The predicted octanol–water partition coefficient (Wildman–Crippen LogP) is 2.10. The zero-order chi connectivity index (χ0) is 12.6. The van der Waals surface area contributed by atoms with Crippen molar-refractivity contribution >= 4 is 5.78 Å². The van der Waals surface area contributed by atoms with E-state index in [1.807, 2.05) is 0 Å². The van der Waals surface area contributed by atoms with Crippen LogP contribution in [0, 0.1) is 17.3 Å². The molecule has 2 aliphatic heterocycles. The van der Waals surface area contributed by atoms with Crippen molar-refractivity contribution in [3.8, 4) is 0 Å². The van der Waals surface area contributed by atoms with Crippen LogP contribution in [0.4, 0.5) is 0 Å². The Morgan fingerprint density at radius 1 is 1.06 bits per heavy atom. The first-order valence-electron chi connectivity index (χ1n) is 7.49. The lowest BCUT2D eigenvalue weighted by Crippen LogP contribution is -2.56. The molecular formula is C15H25NO2. The molecule has 0 spiro atoms. The van der Waals surface area contributed by atoms with Gasteiger partial charge in [-0.1, -0.05) is 0 Å². The monoisotopic (exact) mass is 251 g/mol. The molecule has 0 amide bonds. The van der Waals surface area contributed by atoms with Crippen molar-refractivity contribution in [3.05, 3.63) is 0 Å². The lowest BCUT2D eigenvalue weighted by atomic mass is 9.58. The highest BCUT2D eigenvalue weighted by molar-refractivity contribution is 5.79. The van der Waals surface area contributed by atoms with E-state index in [0.717, 1.165) is 50.7 Å². The number of carbonyl (C=O) groups is 1. The van der Waals surface area contributed by atoms with Crippen molar-refractivity contribution in [1.29, 1.82) is 0 Å². The number of nitrogens with zero attached hydrogens (tertiary/aromatic N) is 1. The fraction of sp³-hybridized carbons (Fsp3) is 0.933. The van der Waals surface area contributed by atoms with E-state index in [9.17, 15) is 4.79 Å². The third kappa shape index (κ3) is 2.12. The van der Waals surface area contributed by atoms with Crippen LogP contribution in [0.2, 0.25) is 0 Å². The Hall–Kier alpha value is -0.410. The zero-order valence-corrected chi connectivity index (χ0v) is 11.5.